The largest absolute Gasteiger partial charge is 0.480 e. The Bertz CT molecular complexity index is 301. The minimum absolute atomic E-state index is 0.304. The Hall–Kier alpha value is -1.17. The molecule has 0 unspecified atom stereocenters. The van der Waals surface area contributed by atoms with Crippen molar-refractivity contribution in [2.45, 2.75) is 13.0 Å². The fourth-order valence-corrected chi connectivity index (χ4v) is 0.847. The molecule has 0 aliphatic heterocycles. The fourth-order valence-electron chi connectivity index (χ4n) is 0.642. The van der Waals surface area contributed by atoms with E-state index in [9.17, 15) is 4.79 Å². The van der Waals surface area contributed by atoms with E-state index < -0.39 is 12.0 Å². The summed E-state index contributed by atoms with van der Waals surface area (Å²) in [7, 11) is 0. The van der Waals surface area contributed by atoms with Gasteiger partial charge in [-0.05, 0) is 22.9 Å². The standard InChI is InChI=1S/C7H8BrN3O2/c1-4(6(12)13)11-7-9-2-5(8)3-10-7/h2-4H,1H3,(H,12,13)(H,9,10,11)/t4-/m1/s1. The second kappa shape index (κ2) is 4.18. The van der Waals surface area contributed by atoms with Crippen LogP contribution < -0.4 is 5.32 Å². The maximum Gasteiger partial charge on any atom is 0.325 e. The summed E-state index contributed by atoms with van der Waals surface area (Å²) in [5.74, 6) is -0.635. The van der Waals surface area contributed by atoms with Crippen molar-refractivity contribution < 1.29 is 9.90 Å². The van der Waals surface area contributed by atoms with Gasteiger partial charge in [0.1, 0.15) is 6.04 Å². The molecule has 1 aromatic rings. The molecule has 1 atom stereocenters. The van der Waals surface area contributed by atoms with E-state index in [2.05, 4.69) is 31.2 Å². The van der Waals surface area contributed by atoms with E-state index in [0.29, 0.717) is 5.95 Å². The summed E-state index contributed by atoms with van der Waals surface area (Å²) in [6, 6.07) is -0.693. The van der Waals surface area contributed by atoms with Crippen LogP contribution in [0.2, 0.25) is 0 Å². The molecule has 6 heteroatoms. The molecule has 13 heavy (non-hydrogen) atoms. The SMILES string of the molecule is C[C@@H](Nc1ncc(Br)cn1)C(=O)O. The number of aromatic nitrogens is 2. The molecule has 0 fully saturated rings. The molecule has 5 nitrogen and oxygen atoms in total. The smallest absolute Gasteiger partial charge is 0.325 e. The number of aliphatic carboxylic acids is 1. The van der Waals surface area contributed by atoms with Gasteiger partial charge < -0.3 is 10.4 Å². The van der Waals surface area contributed by atoms with Crippen LogP contribution in [0.25, 0.3) is 0 Å². The molecular formula is C7H8BrN3O2. The molecule has 2 N–H and O–H groups in total. The predicted octanol–water partition coefficient (Wildman–Crippen LogP) is 1.12. The molecule has 0 aliphatic rings. The normalized spacial score (nSPS) is 12.2. The zero-order valence-corrected chi connectivity index (χ0v) is 8.45. The van der Waals surface area contributed by atoms with E-state index >= 15 is 0 Å². The summed E-state index contributed by atoms with van der Waals surface area (Å²) in [5.41, 5.74) is 0. The van der Waals surface area contributed by atoms with Gasteiger partial charge in [0, 0.05) is 12.4 Å². The zero-order chi connectivity index (χ0) is 9.84. The second-order valence-corrected chi connectivity index (χ2v) is 3.34. The number of rotatable bonds is 3. The van der Waals surface area contributed by atoms with Crippen molar-refractivity contribution >= 4 is 27.8 Å². The third-order valence-electron chi connectivity index (χ3n) is 1.34. The number of hydrogen-bond acceptors (Lipinski definition) is 4. The Morgan fingerprint density at radius 1 is 1.62 bits per heavy atom. The highest BCUT2D eigenvalue weighted by molar-refractivity contribution is 9.10. The maximum absolute atomic E-state index is 10.4. The van der Waals surface area contributed by atoms with Crippen LogP contribution in [0.15, 0.2) is 16.9 Å². The van der Waals surface area contributed by atoms with Crippen LogP contribution in [0.4, 0.5) is 5.95 Å². The van der Waals surface area contributed by atoms with Gasteiger partial charge in [0.2, 0.25) is 5.95 Å². The van der Waals surface area contributed by atoms with Crippen LogP contribution in [-0.4, -0.2) is 27.1 Å². The van der Waals surface area contributed by atoms with Gasteiger partial charge in [0.15, 0.2) is 0 Å². The number of carboxylic acids is 1. The highest BCUT2D eigenvalue weighted by Gasteiger charge is 2.10. The average molecular weight is 246 g/mol. The summed E-state index contributed by atoms with van der Waals surface area (Å²) in [4.78, 5) is 18.2. The average Bonchev–Trinajstić information content (AvgIpc) is 2.08. The van der Waals surface area contributed by atoms with Crippen LogP contribution in [0, 0.1) is 0 Å². The third-order valence-corrected chi connectivity index (χ3v) is 1.75. The molecule has 0 bridgehead atoms. The number of carbonyl (C=O) groups is 1. The Morgan fingerprint density at radius 3 is 2.62 bits per heavy atom. The van der Waals surface area contributed by atoms with Gasteiger partial charge in [-0.15, -0.1) is 0 Å². The molecule has 1 rings (SSSR count). The predicted molar refractivity (Wildman–Crippen MR) is 50.5 cm³/mol. The van der Waals surface area contributed by atoms with Gasteiger partial charge >= 0.3 is 5.97 Å². The van der Waals surface area contributed by atoms with Gasteiger partial charge in [-0.25, -0.2) is 9.97 Å². The number of carboxylic acid groups (broad SMARTS) is 1. The molecule has 70 valence electrons. The van der Waals surface area contributed by atoms with Crippen LogP contribution in [0.3, 0.4) is 0 Å². The van der Waals surface area contributed by atoms with Crippen LogP contribution in [0.1, 0.15) is 6.92 Å². The Labute approximate surface area is 83.3 Å². The zero-order valence-electron chi connectivity index (χ0n) is 6.86. The first-order valence-electron chi connectivity index (χ1n) is 3.56. The lowest BCUT2D eigenvalue weighted by atomic mass is 10.3. The molecule has 0 saturated carbocycles. The molecule has 0 saturated heterocycles. The van der Waals surface area contributed by atoms with Crippen LogP contribution >= 0.6 is 15.9 Å². The summed E-state index contributed by atoms with van der Waals surface area (Å²) < 4.78 is 0.751. The summed E-state index contributed by atoms with van der Waals surface area (Å²) in [6.45, 7) is 1.52. The number of hydrogen-bond donors (Lipinski definition) is 2. The van der Waals surface area contributed by atoms with Crippen LogP contribution in [0.5, 0.6) is 0 Å². The van der Waals surface area contributed by atoms with E-state index in [4.69, 9.17) is 5.11 Å². The van der Waals surface area contributed by atoms with Gasteiger partial charge in [-0.3, -0.25) is 4.79 Å². The fraction of sp³-hybridized carbons (Fsp3) is 0.286. The van der Waals surface area contributed by atoms with E-state index in [0.717, 1.165) is 4.47 Å². The minimum Gasteiger partial charge on any atom is -0.480 e. The molecule has 0 aromatic carbocycles. The van der Waals surface area contributed by atoms with Gasteiger partial charge in [0.25, 0.3) is 0 Å². The van der Waals surface area contributed by atoms with E-state index in [-0.39, 0.29) is 0 Å². The number of halogens is 1. The Morgan fingerprint density at radius 2 is 2.15 bits per heavy atom. The van der Waals surface area contributed by atoms with Gasteiger partial charge in [-0.1, -0.05) is 0 Å². The van der Waals surface area contributed by atoms with Crippen molar-refractivity contribution in [2.24, 2.45) is 0 Å². The van der Waals surface area contributed by atoms with E-state index in [1.807, 2.05) is 0 Å². The molecule has 0 spiro atoms. The molecular weight excluding hydrogens is 238 g/mol. The van der Waals surface area contributed by atoms with Gasteiger partial charge in [0.05, 0.1) is 4.47 Å². The first kappa shape index (κ1) is 9.91. The van der Waals surface area contributed by atoms with Crippen molar-refractivity contribution in [3.63, 3.8) is 0 Å². The quantitative estimate of drug-likeness (QED) is 0.835. The summed E-state index contributed by atoms with van der Waals surface area (Å²) in [6.07, 6.45) is 3.09. The number of nitrogens with one attached hydrogen (secondary N) is 1. The van der Waals surface area contributed by atoms with Gasteiger partial charge in [-0.2, -0.15) is 0 Å². The summed E-state index contributed by atoms with van der Waals surface area (Å²) in [5, 5.41) is 11.2. The lowest BCUT2D eigenvalue weighted by molar-refractivity contribution is -0.137. The number of anilines is 1. The molecule has 1 heterocycles. The Balaban J connectivity index is 2.64. The maximum atomic E-state index is 10.4. The minimum atomic E-state index is -0.938. The van der Waals surface area contributed by atoms with Crippen molar-refractivity contribution in [2.75, 3.05) is 5.32 Å². The topological polar surface area (TPSA) is 75.1 Å². The lowest BCUT2D eigenvalue weighted by Gasteiger charge is -2.07. The molecule has 0 amide bonds. The first-order valence-corrected chi connectivity index (χ1v) is 4.36. The van der Waals surface area contributed by atoms with Crippen molar-refractivity contribution in [1.82, 2.24) is 9.97 Å². The monoisotopic (exact) mass is 245 g/mol. The highest BCUT2D eigenvalue weighted by Crippen LogP contribution is 2.07. The molecule has 0 radical (unpaired) electrons. The second-order valence-electron chi connectivity index (χ2n) is 2.43. The van der Waals surface area contributed by atoms with Crippen LogP contribution in [-0.2, 0) is 4.79 Å². The highest BCUT2D eigenvalue weighted by atomic mass is 79.9. The van der Waals surface area contributed by atoms with E-state index in [1.54, 1.807) is 12.4 Å². The summed E-state index contributed by atoms with van der Waals surface area (Å²) >= 11 is 3.17. The van der Waals surface area contributed by atoms with Crippen molar-refractivity contribution in [3.8, 4) is 0 Å². The number of nitrogens with zero attached hydrogens (tertiary/aromatic N) is 2. The lowest BCUT2D eigenvalue weighted by Crippen LogP contribution is -2.26. The molecule has 0 aliphatic carbocycles. The van der Waals surface area contributed by atoms with E-state index in [1.165, 1.54) is 6.92 Å². The van der Waals surface area contributed by atoms with Crippen molar-refractivity contribution in [3.05, 3.63) is 16.9 Å². The Kier molecular flexibility index (Phi) is 3.18. The van der Waals surface area contributed by atoms with Crippen molar-refractivity contribution in [1.29, 1.82) is 0 Å². The third kappa shape index (κ3) is 2.98. The first-order chi connectivity index (χ1) is 6.09. The molecule has 1 aromatic heterocycles.